The van der Waals surface area contributed by atoms with Gasteiger partial charge >= 0.3 is 11.9 Å². The highest BCUT2D eigenvalue weighted by molar-refractivity contribution is 5.89. The van der Waals surface area contributed by atoms with Gasteiger partial charge in [0.25, 0.3) is 0 Å². The Balaban J connectivity index is 0.000000343. The molecule has 0 aliphatic heterocycles. The molecular formula is C23H24N2O5. The molecule has 0 fully saturated rings. The van der Waals surface area contributed by atoms with Gasteiger partial charge in [0.05, 0.1) is 6.33 Å². The summed E-state index contributed by atoms with van der Waals surface area (Å²) in [6.07, 6.45) is 6.61. The fourth-order valence-electron chi connectivity index (χ4n) is 2.67. The number of aromatic amines is 1. The Morgan fingerprint density at radius 2 is 1.47 bits per heavy atom. The first-order chi connectivity index (χ1) is 14.6. The number of carbonyl (C=O) groups is 2. The molecule has 0 unspecified atom stereocenters. The zero-order chi connectivity index (χ0) is 21.6. The van der Waals surface area contributed by atoms with E-state index in [2.05, 4.69) is 58.5 Å². The Morgan fingerprint density at radius 3 is 1.90 bits per heavy atom. The van der Waals surface area contributed by atoms with Crippen molar-refractivity contribution in [3.63, 3.8) is 0 Å². The molecule has 1 aromatic heterocycles. The summed E-state index contributed by atoms with van der Waals surface area (Å²) < 4.78 is 6.18. The number of imidazole rings is 1. The minimum Gasteiger partial charge on any atom is -0.478 e. The fraction of sp³-hybridized carbons (Fsp3) is 0.174. The maximum absolute atomic E-state index is 9.55. The van der Waals surface area contributed by atoms with Crippen molar-refractivity contribution in [2.45, 2.75) is 18.9 Å². The molecule has 7 nitrogen and oxygen atoms in total. The van der Waals surface area contributed by atoms with E-state index < -0.39 is 11.9 Å². The number of rotatable bonds is 9. The van der Waals surface area contributed by atoms with Crippen LogP contribution in [-0.2, 0) is 20.7 Å². The Kier molecular flexibility index (Phi) is 9.55. The second kappa shape index (κ2) is 12.7. The zero-order valence-corrected chi connectivity index (χ0v) is 16.3. The number of benzene rings is 2. The number of aryl methyl sites for hydroxylation is 1. The molecule has 30 heavy (non-hydrogen) atoms. The van der Waals surface area contributed by atoms with Crippen LogP contribution in [0.1, 0.15) is 29.3 Å². The number of aromatic nitrogens is 2. The van der Waals surface area contributed by atoms with Crippen LogP contribution in [0, 0.1) is 0 Å². The van der Waals surface area contributed by atoms with Gasteiger partial charge in [0.1, 0.15) is 6.10 Å². The largest absolute Gasteiger partial charge is 0.478 e. The molecule has 0 radical (unpaired) electrons. The molecule has 0 aliphatic carbocycles. The summed E-state index contributed by atoms with van der Waals surface area (Å²) in [5.41, 5.74) is 3.53. The highest BCUT2D eigenvalue weighted by atomic mass is 16.5. The number of hydrogen-bond donors (Lipinski definition) is 3. The van der Waals surface area contributed by atoms with Crippen LogP contribution >= 0.6 is 0 Å². The van der Waals surface area contributed by atoms with E-state index >= 15 is 0 Å². The van der Waals surface area contributed by atoms with Gasteiger partial charge in [0, 0.05) is 30.6 Å². The van der Waals surface area contributed by atoms with E-state index in [9.17, 15) is 9.59 Å². The van der Waals surface area contributed by atoms with Crippen molar-refractivity contribution in [2.24, 2.45) is 0 Å². The lowest BCUT2D eigenvalue weighted by Gasteiger charge is -2.19. The summed E-state index contributed by atoms with van der Waals surface area (Å²) in [6, 6.07) is 20.8. The first-order valence-electron chi connectivity index (χ1n) is 9.39. The molecule has 2 aromatic carbocycles. The summed E-state index contributed by atoms with van der Waals surface area (Å²) in [5, 5.41) is 15.6. The first kappa shape index (κ1) is 22.6. The summed E-state index contributed by atoms with van der Waals surface area (Å²) in [7, 11) is 0. The van der Waals surface area contributed by atoms with Crippen molar-refractivity contribution >= 4 is 11.9 Å². The Bertz CT molecular complexity index is 854. The monoisotopic (exact) mass is 408 g/mol. The highest BCUT2D eigenvalue weighted by Gasteiger charge is 2.13. The molecule has 7 heteroatoms. The van der Waals surface area contributed by atoms with Gasteiger partial charge in [-0.2, -0.15) is 0 Å². The smallest absolute Gasteiger partial charge is 0.328 e. The normalized spacial score (nSPS) is 10.6. The molecule has 3 rings (SSSR count). The standard InChI is InChI=1S/C19H20N2O.C4H4O4/c1-3-8-16(9-4-1)19(17-10-5-2-6-11-17)22-13-7-12-18-14-20-15-21-18;5-3(6)1-2-4(7)8/h1-6,8-11,14-15,19H,7,12-13H2,(H,20,21);1-2H,(H,5,6)(H,7,8)/b;2-1-. The quantitative estimate of drug-likeness (QED) is 0.366. The average molecular weight is 408 g/mol. The van der Waals surface area contributed by atoms with Crippen molar-refractivity contribution < 1.29 is 24.5 Å². The van der Waals surface area contributed by atoms with E-state index in [1.54, 1.807) is 6.33 Å². The molecule has 0 saturated heterocycles. The number of nitrogens with zero attached hydrogens (tertiary/aromatic N) is 1. The number of carboxylic acid groups (broad SMARTS) is 2. The third-order valence-electron chi connectivity index (χ3n) is 4.00. The number of nitrogens with one attached hydrogen (secondary N) is 1. The summed E-state index contributed by atoms with van der Waals surface area (Å²) in [4.78, 5) is 26.3. The molecule has 156 valence electrons. The predicted molar refractivity (Wildman–Crippen MR) is 112 cm³/mol. The summed E-state index contributed by atoms with van der Waals surface area (Å²) in [6.45, 7) is 0.716. The van der Waals surface area contributed by atoms with E-state index in [1.807, 2.05) is 18.3 Å². The van der Waals surface area contributed by atoms with E-state index in [4.69, 9.17) is 14.9 Å². The maximum Gasteiger partial charge on any atom is 0.328 e. The predicted octanol–water partition coefficient (Wildman–Crippen LogP) is 3.86. The van der Waals surface area contributed by atoms with Gasteiger partial charge < -0.3 is 19.9 Å². The van der Waals surface area contributed by atoms with Crippen LogP contribution in [-0.4, -0.2) is 38.7 Å². The topological polar surface area (TPSA) is 113 Å². The second-order valence-corrected chi connectivity index (χ2v) is 6.26. The number of carboxylic acids is 2. The second-order valence-electron chi connectivity index (χ2n) is 6.26. The van der Waals surface area contributed by atoms with E-state index in [0.717, 1.165) is 18.5 Å². The van der Waals surface area contributed by atoms with Crippen molar-refractivity contribution in [3.05, 3.63) is 102 Å². The Morgan fingerprint density at radius 1 is 0.933 bits per heavy atom. The van der Waals surface area contributed by atoms with Crippen molar-refractivity contribution in [3.8, 4) is 0 Å². The molecule has 0 amide bonds. The van der Waals surface area contributed by atoms with Gasteiger partial charge in [-0.05, 0) is 24.0 Å². The van der Waals surface area contributed by atoms with E-state index in [-0.39, 0.29) is 6.10 Å². The lowest BCUT2D eigenvalue weighted by molar-refractivity contribution is -0.134. The SMILES string of the molecule is O=C(O)/C=C\C(=O)O.c1ccc(C(OCCCc2cnc[nH]2)c2ccccc2)cc1. The van der Waals surface area contributed by atoms with Gasteiger partial charge in [-0.1, -0.05) is 60.7 Å². The minimum atomic E-state index is -1.26. The molecule has 3 aromatic rings. The highest BCUT2D eigenvalue weighted by Crippen LogP contribution is 2.25. The zero-order valence-electron chi connectivity index (χ0n) is 16.3. The molecule has 0 aliphatic rings. The molecule has 3 N–H and O–H groups in total. The molecule has 0 atom stereocenters. The van der Waals surface area contributed by atoms with Crippen LogP contribution in [0.5, 0.6) is 0 Å². The molecular weight excluding hydrogens is 384 g/mol. The molecule has 1 heterocycles. The van der Waals surface area contributed by atoms with Gasteiger partial charge in [0.2, 0.25) is 0 Å². The third-order valence-corrected chi connectivity index (χ3v) is 4.00. The molecule has 0 saturated carbocycles. The van der Waals surface area contributed by atoms with Crippen LogP contribution in [0.15, 0.2) is 85.3 Å². The number of hydrogen-bond acceptors (Lipinski definition) is 4. The number of aliphatic carboxylic acids is 2. The van der Waals surface area contributed by atoms with Crippen LogP contribution in [0.25, 0.3) is 0 Å². The van der Waals surface area contributed by atoms with Gasteiger partial charge in [0.15, 0.2) is 0 Å². The van der Waals surface area contributed by atoms with Gasteiger partial charge in [-0.15, -0.1) is 0 Å². The van der Waals surface area contributed by atoms with Gasteiger partial charge in [-0.25, -0.2) is 14.6 Å². The number of H-pyrrole nitrogens is 1. The fourth-order valence-corrected chi connectivity index (χ4v) is 2.67. The third kappa shape index (κ3) is 8.53. The average Bonchev–Trinajstić information content (AvgIpc) is 3.28. The summed E-state index contributed by atoms with van der Waals surface area (Å²) in [5.74, 6) is -2.51. The maximum atomic E-state index is 9.55. The molecule has 0 spiro atoms. The minimum absolute atomic E-state index is 0.0100. The van der Waals surface area contributed by atoms with Crippen LogP contribution < -0.4 is 0 Å². The van der Waals surface area contributed by atoms with E-state index in [1.165, 1.54) is 11.1 Å². The first-order valence-corrected chi connectivity index (χ1v) is 9.39. The van der Waals surface area contributed by atoms with Crippen LogP contribution in [0.4, 0.5) is 0 Å². The van der Waals surface area contributed by atoms with Crippen molar-refractivity contribution in [2.75, 3.05) is 6.61 Å². The summed E-state index contributed by atoms with van der Waals surface area (Å²) >= 11 is 0. The Hall–Kier alpha value is -3.71. The van der Waals surface area contributed by atoms with Crippen LogP contribution in [0.3, 0.4) is 0 Å². The number of ether oxygens (including phenoxy) is 1. The lowest BCUT2D eigenvalue weighted by Crippen LogP contribution is -2.08. The Labute approximate surface area is 174 Å². The van der Waals surface area contributed by atoms with Gasteiger partial charge in [-0.3, -0.25) is 0 Å². The lowest BCUT2D eigenvalue weighted by atomic mass is 10.0. The van der Waals surface area contributed by atoms with Crippen molar-refractivity contribution in [1.29, 1.82) is 0 Å². The molecule has 0 bridgehead atoms. The van der Waals surface area contributed by atoms with E-state index in [0.29, 0.717) is 18.8 Å². The van der Waals surface area contributed by atoms with Crippen molar-refractivity contribution in [1.82, 2.24) is 9.97 Å². The van der Waals surface area contributed by atoms with Crippen LogP contribution in [0.2, 0.25) is 0 Å².